The van der Waals surface area contributed by atoms with E-state index in [4.69, 9.17) is 37.0 Å². The number of hydrogen-bond acceptors (Lipinski definition) is 15. The van der Waals surface area contributed by atoms with Crippen molar-refractivity contribution in [1.29, 1.82) is 0 Å². The van der Waals surface area contributed by atoms with Crippen molar-refractivity contribution in [2.45, 2.75) is 354 Å². The lowest BCUT2D eigenvalue weighted by Gasteiger charge is -2.21. The number of phosphoric acid groups is 2. The van der Waals surface area contributed by atoms with Crippen LogP contribution in [-0.2, 0) is 65.4 Å². The summed E-state index contributed by atoms with van der Waals surface area (Å²) in [6.45, 7) is 4.60. The maximum absolute atomic E-state index is 13.1. The summed E-state index contributed by atoms with van der Waals surface area (Å²) in [7, 11) is -10.0. The van der Waals surface area contributed by atoms with E-state index in [1.807, 2.05) is 18.2 Å². The van der Waals surface area contributed by atoms with Crippen molar-refractivity contribution in [3.8, 4) is 0 Å². The van der Waals surface area contributed by atoms with Crippen molar-refractivity contribution in [3.63, 3.8) is 0 Å². The summed E-state index contributed by atoms with van der Waals surface area (Å²) < 4.78 is 68.6. The highest BCUT2D eigenvalue weighted by Gasteiger charge is 2.30. The molecular weight excluding hydrogens is 1400 g/mol. The Bertz CT molecular complexity index is 2610. The number of unbranched alkanes of at least 4 members (excludes halogenated alkanes) is 28. The lowest BCUT2D eigenvalue weighted by Crippen LogP contribution is -2.30. The molecule has 0 aliphatic rings. The van der Waals surface area contributed by atoms with E-state index < -0.39 is 97.5 Å². The SMILES string of the molecule is CC/C=C\C/C=C\C/C=C\C/C=C\C/C=C\CCCCCC(=O)O[C@H](COC(=O)CCCCCCCCC/C=C\CCCCCC)COP(=O)(O)OC[C@H](O)COP(=O)(O)OC[C@@H](COC(=O)CCCCCCC/C=C\CCCCCCCC)OC(=O)CC/C=C\C/C=C\C/C=C\C/C=C\C/C=C\CCCCC. The summed E-state index contributed by atoms with van der Waals surface area (Å²) in [4.78, 5) is 73.1. The van der Waals surface area contributed by atoms with Crippen LogP contribution in [0.1, 0.15) is 336 Å². The van der Waals surface area contributed by atoms with E-state index in [-0.39, 0.29) is 25.7 Å². The smallest absolute Gasteiger partial charge is 0.462 e. The first kappa shape index (κ1) is 103. The molecule has 0 aliphatic carbocycles. The second kappa shape index (κ2) is 80.0. The Morgan fingerprint density at radius 2 is 0.500 bits per heavy atom. The van der Waals surface area contributed by atoms with E-state index in [2.05, 4.69) is 155 Å². The lowest BCUT2D eigenvalue weighted by molar-refractivity contribution is -0.161. The maximum Gasteiger partial charge on any atom is 0.472 e. The molecule has 0 radical (unpaired) electrons. The van der Waals surface area contributed by atoms with Crippen LogP contribution >= 0.6 is 15.6 Å². The quantitative estimate of drug-likeness (QED) is 0.0169. The fourth-order valence-corrected chi connectivity index (χ4v) is 12.4. The summed E-state index contributed by atoms with van der Waals surface area (Å²) in [6.07, 6.45) is 92.6. The van der Waals surface area contributed by atoms with Gasteiger partial charge in [-0.25, -0.2) is 9.13 Å². The molecule has 0 aromatic carbocycles. The van der Waals surface area contributed by atoms with Crippen LogP contribution in [-0.4, -0.2) is 96.7 Å². The Morgan fingerprint density at radius 1 is 0.269 bits per heavy atom. The van der Waals surface area contributed by atoms with Gasteiger partial charge < -0.3 is 33.8 Å². The molecule has 0 rings (SSSR count). The average Bonchev–Trinajstić information content (AvgIpc) is 0.907. The molecule has 2 unspecified atom stereocenters. The molecule has 0 saturated heterocycles. The van der Waals surface area contributed by atoms with Gasteiger partial charge in [-0.3, -0.25) is 37.3 Å². The molecule has 108 heavy (non-hydrogen) atoms. The van der Waals surface area contributed by atoms with Crippen molar-refractivity contribution in [1.82, 2.24) is 0 Å². The highest BCUT2D eigenvalue weighted by atomic mass is 31.2. The summed E-state index contributed by atoms with van der Waals surface area (Å²) in [5.74, 6) is -2.32. The number of aliphatic hydroxyl groups excluding tert-OH is 1. The number of carbonyl (C=O) groups is 4. The molecule has 0 amide bonds. The molecule has 0 aromatic rings. The van der Waals surface area contributed by atoms with Gasteiger partial charge in [0.05, 0.1) is 26.4 Å². The topological polar surface area (TPSA) is 237 Å². The number of aliphatic hydroxyl groups is 1. The minimum atomic E-state index is -5.01. The zero-order valence-electron chi connectivity index (χ0n) is 67.7. The molecule has 3 N–H and O–H groups in total. The number of rotatable bonds is 78. The minimum Gasteiger partial charge on any atom is -0.462 e. The van der Waals surface area contributed by atoms with Crippen LogP contribution < -0.4 is 0 Å². The molecule has 0 bridgehead atoms. The Labute approximate surface area is 656 Å². The van der Waals surface area contributed by atoms with E-state index in [1.165, 1.54) is 89.9 Å². The van der Waals surface area contributed by atoms with Gasteiger partial charge in [0.1, 0.15) is 19.3 Å². The fourth-order valence-electron chi connectivity index (χ4n) is 10.9. The van der Waals surface area contributed by atoms with Crippen LogP contribution in [0.25, 0.3) is 0 Å². The highest BCUT2D eigenvalue weighted by Crippen LogP contribution is 2.45. The number of hydrogen-bond donors (Lipinski definition) is 3. The Kier molecular flexibility index (Phi) is 76.3. The van der Waals surface area contributed by atoms with Gasteiger partial charge >= 0.3 is 39.5 Å². The van der Waals surface area contributed by atoms with Gasteiger partial charge in [0, 0.05) is 25.7 Å². The standard InChI is InChI=1S/C89H150O17P2/c1-5-9-13-17-21-25-29-33-37-39-41-43-47-51-55-59-63-67-71-75-88(93)105-84(79-99-86(91)73-69-65-61-57-53-49-45-35-31-27-23-19-15-11-7-3)81-103-107(95,96)101-77-83(90)78-102-108(97,98)104-82-85(80-100-87(92)74-70-66-62-58-54-50-46-36-32-28-24-20-16-12-8-4)106-89(94)76-72-68-64-60-56-52-48-44-42-40-38-34-30-26-22-18-14-10-6-2/h9,13,21-22,25-27,31,33-34,36-38,41-44,46,51-52,55-56,64,68,83-85,90H,5-8,10-12,14-20,23-24,28-30,32,35,39-40,45,47-50,53-54,57-63,65-67,69-82H2,1-4H3,(H,95,96)(H,97,98)/b13-9-,25-21-,26-22-,31-27-,37-33-,38-34-,43-41-,44-42-,46-36-,55-51-,56-52-,68-64-/t83-,84+,85+/m0/s1. The second-order valence-electron chi connectivity index (χ2n) is 27.7. The normalized spacial score (nSPS) is 14.5. The number of ether oxygens (including phenoxy) is 4. The van der Waals surface area contributed by atoms with Gasteiger partial charge in [-0.15, -0.1) is 0 Å². The summed E-state index contributed by atoms with van der Waals surface area (Å²) in [5.41, 5.74) is 0. The first-order chi connectivity index (χ1) is 52.7. The zero-order chi connectivity index (χ0) is 78.9. The number of esters is 4. The molecule has 5 atom stereocenters. The van der Waals surface area contributed by atoms with Crippen molar-refractivity contribution < 1.29 is 80.2 Å². The third-order valence-electron chi connectivity index (χ3n) is 17.3. The number of phosphoric ester groups is 2. The summed E-state index contributed by atoms with van der Waals surface area (Å²) >= 11 is 0. The van der Waals surface area contributed by atoms with Gasteiger partial charge in [0.25, 0.3) is 0 Å². The Hall–Kier alpha value is -5.06. The van der Waals surface area contributed by atoms with E-state index in [1.54, 1.807) is 0 Å². The first-order valence-electron chi connectivity index (χ1n) is 42.1. The van der Waals surface area contributed by atoms with Crippen LogP contribution in [0.2, 0.25) is 0 Å². The third-order valence-corrected chi connectivity index (χ3v) is 19.2. The first-order valence-corrected chi connectivity index (χ1v) is 45.1. The minimum absolute atomic E-state index is 0.0337. The molecular formula is C89H150O17P2. The predicted octanol–water partition coefficient (Wildman–Crippen LogP) is 25.0. The molecule has 0 heterocycles. The Balaban J connectivity index is 5.49. The molecule has 0 fully saturated rings. The van der Waals surface area contributed by atoms with Crippen molar-refractivity contribution in [2.24, 2.45) is 0 Å². The molecule has 0 aliphatic heterocycles. The predicted molar refractivity (Wildman–Crippen MR) is 445 cm³/mol. The molecule has 0 aromatic heterocycles. The second-order valence-corrected chi connectivity index (χ2v) is 30.6. The summed E-state index contributed by atoms with van der Waals surface area (Å²) in [5, 5.41) is 10.7. The van der Waals surface area contributed by atoms with Gasteiger partial charge in [-0.2, -0.15) is 0 Å². The van der Waals surface area contributed by atoms with E-state index in [0.717, 1.165) is 161 Å². The fraction of sp³-hybridized carbons (Fsp3) is 0.685. The number of allylic oxidation sites excluding steroid dienone is 24. The van der Waals surface area contributed by atoms with Crippen LogP contribution in [0.4, 0.5) is 0 Å². The monoisotopic (exact) mass is 1550 g/mol. The van der Waals surface area contributed by atoms with Gasteiger partial charge in [0.15, 0.2) is 12.2 Å². The Morgan fingerprint density at radius 3 is 0.843 bits per heavy atom. The zero-order valence-corrected chi connectivity index (χ0v) is 69.5. The largest absolute Gasteiger partial charge is 0.472 e. The lowest BCUT2D eigenvalue weighted by atomic mass is 10.1. The molecule has 618 valence electrons. The van der Waals surface area contributed by atoms with E-state index in [9.17, 15) is 43.2 Å². The molecule has 0 saturated carbocycles. The van der Waals surface area contributed by atoms with Crippen LogP contribution in [0.15, 0.2) is 146 Å². The maximum atomic E-state index is 13.1. The van der Waals surface area contributed by atoms with E-state index >= 15 is 0 Å². The molecule has 17 nitrogen and oxygen atoms in total. The van der Waals surface area contributed by atoms with Crippen LogP contribution in [0.3, 0.4) is 0 Å². The van der Waals surface area contributed by atoms with Crippen LogP contribution in [0.5, 0.6) is 0 Å². The van der Waals surface area contributed by atoms with Crippen molar-refractivity contribution in [2.75, 3.05) is 39.6 Å². The summed E-state index contributed by atoms with van der Waals surface area (Å²) in [6, 6.07) is 0. The van der Waals surface area contributed by atoms with E-state index in [0.29, 0.717) is 32.1 Å². The number of carbonyl (C=O) groups excluding carboxylic acids is 4. The van der Waals surface area contributed by atoms with Crippen molar-refractivity contribution in [3.05, 3.63) is 146 Å². The van der Waals surface area contributed by atoms with Gasteiger partial charge in [-0.1, -0.05) is 296 Å². The highest BCUT2D eigenvalue weighted by molar-refractivity contribution is 7.47. The van der Waals surface area contributed by atoms with Gasteiger partial charge in [0.2, 0.25) is 0 Å². The van der Waals surface area contributed by atoms with Crippen molar-refractivity contribution >= 4 is 39.5 Å². The van der Waals surface area contributed by atoms with Gasteiger partial charge in [-0.05, 0) is 161 Å². The average molecular weight is 1550 g/mol. The third kappa shape index (κ3) is 79.0. The molecule has 19 heteroatoms. The molecule has 0 spiro atoms. The van der Waals surface area contributed by atoms with Crippen LogP contribution in [0, 0.1) is 0 Å².